The van der Waals surface area contributed by atoms with Gasteiger partial charge >= 0.3 is 0 Å². The second-order valence-electron chi connectivity index (χ2n) is 2.97. The Kier molecular flexibility index (Phi) is 2.65. The highest BCUT2D eigenvalue weighted by atomic mass is 79.9. The van der Waals surface area contributed by atoms with Crippen LogP contribution in [0.4, 0.5) is 0 Å². The molecule has 0 atom stereocenters. The van der Waals surface area contributed by atoms with Gasteiger partial charge in [-0.1, -0.05) is 28.1 Å². The molecule has 72 valence electrons. The van der Waals surface area contributed by atoms with Crippen molar-refractivity contribution < 1.29 is 0 Å². The molecule has 0 amide bonds. The highest BCUT2D eigenvalue weighted by Gasteiger charge is 2.03. The molecule has 3 N–H and O–H groups in total. The van der Waals surface area contributed by atoms with Crippen molar-refractivity contribution in [2.75, 3.05) is 0 Å². The van der Waals surface area contributed by atoms with Crippen LogP contribution in [0.2, 0.25) is 0 Å². The molecular weight excluding hydrogens is 242 g/mol. The number of rotatable bonds is 2. The fourth-order valence-electron chi connectivity index (χ4n) is 1.29. The van der Waals surface area contributed by atoms with E-state index in [2.05, 4.69) is 26.1 Å². The summed E-state index contributed by atoms with van der Waals surface area (Å²) in [5, 5.41) is 6.89. The van der Waals surface area contributed by atoms with E-state index in [9.17, 15) is 0 Å². The van der Waals surface area contributed by atoms with Crippen LogP contribution < -0.4 is 5.73 Å². The van der Waals surface area contributed by atoms with Crippen LogP contribution in [0.5, 0.6) is 0 Å². The van der Waals surface area contributed by atoms with E-state index in [1.807, 2.05) is 24.3 Å². The van der Waals surface area contributed by atoms with Crippen LogP contribution >= 0.6 is 15.9 Å². The minimum Gasteiger partial charge on any atom is -0.326 e. The Balaban J connectivity index is 2.43. The third-order valence-electron chi connectivity index (χ3n) is 2.07. The average molecular weight is 252 g/mol. The Morgan fingerprint density at radius 2 is 2.21 bits per heavy atom. The number of nitrogens with one attached hydrogen (secondary N) is 1. The van der Waals surface area contributed by atoms with Gasteiger partial charge in [0.2, 0.25) is 0 Å². The molecular formula is C10H10BrN3. The Morgan fingerprint density at radius 1 is 1.36 bits per heavy atom. The van der Waals surface area contributed by atoms with Crippen molar-refractivity contribution in [1.82, 2.24) is 10.2 Å². The number of nitrogens with zero attached hydrogens (tertiary/aromatic N) is 1. The first-order valence-electron chi connectivity index (χ1n) is 4.30. The Hall–Kier alpha value is -1.13. The summed E-state index contributed by atoms with van der Waals surface area (Å²) in [6.45, 7) is 0.543. The van der Waals surface area contributed by atoms with E-state index in [4.69, 9.17) is 5.73 Å². The molecule has 1 aromatic carbocycles. The van der Waals surface area contributed by atoms with Gasteiger partial charge in [-0.05, 0) is 17.7 Å². The number of hydrogen-bond donors (Lipinski definition) is 2. The number of nitrogens with two attached hydrogens (primary N) is 1. The molecule has 0 fully saturated rings. The number of aromatic nitrogens is 2. The topological polar surface area (TPSA) is 54.7 Å². The van der Waals surface area contributed by atoms with Crippen molar-refractivity contribution in [3.05, 3.63) is 40.5 Å². The Bertz CT molecular complexity index is 423. The second-order valence-corrected chi connectivity index (χ2v) is 3.82. The maximum atomic E-state index is 5.57. The smallest absolute Gasteiger partial charge is 0.0920 e. The third-order valence-corrected chi connectivity index (χ3v) is 2.81. The Morgan fingerprint density at radius 3 is 2.79 bits per heavy atom. The van der Waals surface area contributed by atoms with E-state index in [0.29, 0.717) is 6.54 Å². The predicted molar refractivity (Wildman–Crippen MR) is 59.6 cm³/mol. The molecule has 1 aromatic heterocycles. The first kappa shape index (κ1) is 9.43. The molecule has 0 spiro atoms. The summed E-state index contributed by atoms with van der Waals surface area (Å²) < 4.78 is 1.03. The Labute approximate surface area is 90.5 Å². The fraction of sp³-hybridized carbons (Fsp3) is 0.100. The molecule has 0 unspecified atom stereocenters. The van der Waals surface area contributed by atoms with Crippen LogP contribution in [0, 0.1) is 0 Å². The van der Waals surface area contributed by atoms with Crippen molar-refractivity contribution in [2.45, 2.75) is 6.54 Å². The fourth-order valence-corrected chi connectivity index (χ4v) is 1.83. The van der Waals surface area contributed by atoms with Crippen molar-refractivity contribution in [3.63, 3.8) is 0 Å². The SMILES string of the molecule is NCc1ccc(-c2cc[nH]n2)cc1Br. The van der Waals surface area contributed by atoms with Gasteiger partial charge in [0, 0.05) is 22.8 Å². The zero-order chi connectivity index (χ0) is 9.97. The second kappa shape index (κ2) is 3.94. The van der Waals surface area contributed by atoms with E-state index in [0.717, 1.165) is 21.3 Å². The third kappa shape index (κ3) is 1.71. The summed E-state index contributed by atoms with van der Waals surface area (Å²) in [5.74, 6) is 0. The zero-order valence-corrected chi connectivity index (χ0v) is 9.08. The molecule has 0 bridgehead atoms. The number of halogens is 1. The average Bonchev–Trinajstić information content (AvgIpc) is 2.70. The predicted octanol–water partition coefficient (Wildman–Crippen LogP) is 2.30. The first-order chi connectivity index (χ1) is 6.81. The molecule has 0 aliphatic rings. The van der Waals surface area contributed by atoms with Crippen molar-refractivity contribution >= 4 is 15.9 Å². The molecule has 2 rings (SSSR count). The monoisotopic (exact) mass is 251 g/mol. The zero-order valence-electron chi connectivity index (χ0n) is 7.50. The van der Waals surface area contributed by atoms with Gasteiger partial charge in [-0.15, -0.1) is 0 Å². The maximum Gasteiger partial charge on any atom is 0.0920 e. The molecule has 0 saturated carbocycles. The lowest BCUT2D eigenvalue weighted by Gasteiger charge is -2.02. The van der Waals surface area contributed by atoms with Crippen LogP contribution in [-0.2, 0) is 6.54 Å². The molecule has 0 radical (unpaired) electrons. The van der Waals surface area contributed by atoms with Gasteiger partial charge in [0.1, 0.15) is 0 Å². The molecule has 0 aliphatic heterocycles. The summed E-state index contributed by atoms with van der Waals surface area (Å²) in [7, 11) is 0. The van der Waals surface area contributed by atoms with Gasteiger partial charge in [0.25, 0.3) is 0 Å². The van der Waals surface area contributed by atoms with Gasteiger partial charge < -0.3 is 5.73 Å². The largest absolute Gasteiger partial charge is 0.326 e. The van der Waals surface area contributed by atoms with Crippen molar-refractivity contribution in [2.24, 2.45) is 5.73 Å². The lowest BCUT2D eigenvalue weighted by molar-refractivity contribution is 1.06. The summed E-state index contributed by atoms with van der Waals surface area (Å²) in [5.41, 5.74) is 8.69. The molecule has 0 saturated heterocycles. The van der Waals surface area contributed by atoms with Gasteiger partial charge in [-0.3, -0.25) is 5.10 Å². The maximum absolute atomic E-state index is 5.57. The number of hydrogen-bond acceptors (Lipinski definition) is 2. The first-order valence-corrected chi connectivity index (χ1v) is 5.09. The van der Waals surface area contributed by atoms with Crippen LogP contribution in [0.25, 0.3) is 11.3 Å². The molecule has 2 aromatic rings. The summed E-state index contributed by atoms with van der Waals surface area (Å²) in [6, 6.07) is 7.99. The molecule has 0 aliphatic carbocycles. The molecule has 3 nitrogen and oxygen atoms in total. The van der Waals surface area contributed by atoms with E-state index in [-0.39, 0.29) is 0 Å². The van der Waals surface area contributed by atoms with Gasteiger partial charge in [0.15, 0.2) is 0 Å². The summed E-state index contributed by atoms with van der Waals surface area (Å²) in [4.78, 5) is 0. The molecule has 4 heteroatoms. The lowest BCUT2D eigenvalue weighted by Crippen LogP contribution is -1.97. The van der Waals surface area contributed by atoms with Crippen LogP contribution in [0.1, 0.15) is 5.56 Å². The van der Waals surface area contributed by atoms with Crippen LogP contribution in [0.15, 0.2) is 34.9 Å². The number of benzene rings is 1. The van der Waals surface area contributed by atoms with Crippen LogP contribution in [-0.4, -0.2) is 10.2 Å². The summed E-state index contributed by atoms with van der Waals surface area (Å²) in [6.07, 6.45) is 1.81. The van der Waals surface area contributed by atoms with Crippen molar-refractivity contribution in [1.29, 1.82) is 0 Å². The molecule has 14 heavy (non-hydrogen) atoms. The van der Waals surface area contributed by atoms with E-state index in [1.54, 1.807) is 6.20 Å². The van der Waals surface area contributed by atoms with Gasteiger partial charge in [-0.2, -0.15) is 5.10 Å². The lowest BCUT2D eigenvalue weighted by atomic mass is 10.1. The van der Waals surface area contributed by atoms with Gasteiger partial charge in [0.05, 0.1) is 5.69 Å². The summed E-state index contributed by atoms with van der Waals surface area (Å²) >= 11 is 3.47. The van der Waals surface area contributed by atoms with Crippen molar-refractivity contribution in [3.8, 4) is 11.3 Å². The normalized spacial score (nSPS) is 10.4. The highest BCUT2D eigenvalue weighted by Crippen LogP contribution is 2.24. The minimum atomic E-state index is 0.543. The van der Waals surface area contributed by atoms with Crippen LogP contribution in [0.3, 0.4) is 0 Å². The quantitative estimate of drug-likeness (QED) is 0.861. The standard InChI is InChI=1S/C10H10BrN3/c11-9-5-7(1-2-8(9)6-12)10-3-4-13-14-10/h1-5H,6,12H2,(H,13,14). The number of aromatic amines is 1. The molecule has 1 heterocycles. The highest BCUT2D eigenvalue weighted by molar-refractivity contribution is 9.10. The van der Waals surface area contributed by atoms with Gasteiger partial charge in [-0.25, -0.2) is 0 Å². The van der Waals surface area contributed by atoms with E-state index >= 15 is 0 Å². The number of H-pyrrole nitrogens is 1. The van der Waals surface area contributed by atoms with E-state index < -0.39 is 0 Å². The minimum absolute atomic E-state index is 0.543. The van der Waals surface area contributed by atoms with E-state index in [1.165, 1.54) is 0 Å².